The van der Waals surface area contributed by atoms with Crippen LogP contribution in [-0.4, -0.2) is 59.4 Å². The molecule has 0 fully saturated rings. The summed E-state index contributed by atoms with van der Waals surface area (Å²) in [5, 5.41) is 30.9. The van der Waals surface area contributed by atoms with Crippen LogP contribution < -0.4 is 11.5 Å². The average molecular weight is 242 g/mol. The van der Waals surface area contributed by atoms with Gasteiger partial charge in [0, 0.05) is 39.0 Å². The molecule has 6 heteroatoms. The first kappa shape index (κ1) is 24.8. The quantitative estimate of drug-likeness (QED) is 0.362. The number of hydrogen-bond donors (Lipinski definition) is 6. The molecule has 0 aromatic rings. The molecule has 0 aromatic heterocycles. The first-order valence-corrected chi connectivity index (χ1v) is 5.44. The van der Waals surface area contributed by atoms with E-state index in [9.17, 15) is 0 Å². The maximum Gasteiger partial charge on any atom is 0.0446 e. The van der Waals surface area contributed by atoms with Gasteiger partial charge in [0.2, 0.25) is 0 Å². The van der Waals surface area contributed by atoms with Crippen LogP contribution in [0.5, 0.6) is 0 Å². The summed E-state index contributed by atoms with van der Waals surface area (Å²) < 4.78 is 0. The van der Waals surface area contributed by atoms with Crippen molar-refractivity contribution in [3.63, 3.8) is 0 Å². The fraction of sp³-hybridized carbons (Fsp3) is 1.00. The molecule has 0 heterocycles. The van der Waals surface area contributed by atoms with Crippen LogP contribution in [0.4, 0.5) is 0 Å². The number of hydrogen-bond acceptors (Lipinski definition) is 6. The van der Waals surface area contributed by atoms with Crippen LogP contribution in [0.1, 0.15) is 27.2 Å². The molecule has 0 aromatic carbocycles. The molecule has 0 aliphatic rings. The maximum absolute atomic E-state index is 8.23. The highest BCUT2D eigenvalue weighted by Crippen LogP contribution is 1.79. The lowest BCUT2D eigenvalue weighted by Gasteiger charge is -2.02. The average Bonchev–Trinajstić information content (AvgIpc) is 2.21. The molecular formula is C10H30N2O4. The van der Waals surface area contributed by atoms with E-state index in [1.165, 1.54) is 0 Å². The Balaban J connectivity index is -0.0000000677. The molecular weight excluding hydrogens is 212 g/mol. The summed E-state index contributed by atoms with van der Waals surface area (Å²) in [5.41, 5.74) is 10.4. The van der Waals surface area contributed by atoms with Crippen molar-refractivity contribution >= 4 is 0 Å². The second-order valence-corrected chi connectivity index (χ2v) is 2.46. The fourth-order valence-electron chi connectivity index (χ4n) is 0.284. The molecule has 0 radical (unpaired) electrons. The van der Waals surface area contributed by atoms with E-state index in [1.54, 1.807) is 20.8 Å². The van der Waals surface area contributed by atoms with Crippen molar-refractivity contribution < 1.29 is 20.4 Å². The van der Waals surface area contributed by atoms with Crippen molar-refractivity contribution in [2.24, 2.45) is 11.5 Å². The van der Waals surface area contributed by atoms with Gasteiger partial charge in [0.05, 0.1) is 0 Å². The normalized spacial score (nSPS) is 9.56. The Kier molecular flexibility index (Phi) is 56.5. The van der Waals surface area contributed by atoms with Crippen LogP contribution in [-0.2, 0) is 0 Å². The van der Waals surface area contributed by atoms with Crippen LogP contribution in [0.15, 0.2) is 0 Å². The van der Waals surface area contributed by atoms with Crippen molar-refractivity contribution in [2.45, 2.75) is 33.2 Å². The third kappa shape index (κ3) is 98.9. The molecule has 0 spiro atoms. The molecule has 0 amide bonds. The van der Waals surface area contributed by atoms with Gasteiger partial charge in [-0.15, -0.1) is 0 Å². The van der Waals surface area contributed by atoms with Crippen LogP contribution >= 0.6 is 0 Å². The van der Waals surface area contributed by atoms with E-state index in [0.29, 0.717) is 13.0 Å². The van der Waals surface area contributed by atoms with E-state index in [4.69, 9.17) is 31.9 Å². The standard InChI is InChI=1S/C4H12N2O.3C2H6O/c5-3-4(6)1-2-7;3*1-2-3/h4,7H,1-3,5-6H2;3*3H,2H2,1H3. The second kappa shape index (κ2) is 36.4. The molecule has 0 aliphatic heterocycles. The molecule has 0 saturated heterocycles. The monoisotopic (exact) mass is 242 g/mol. The Labute approximate surface area is 98.9 Å². The summed E-state index contributed by atoms with van der Waals surface area (Å²) in [6, 6.07) is -0.0231. The number of nitrogens with two attached hydrogens (primary N) is 2. The summed E-state index contributed by atoms with van der Waals surface area (Å²) in [7, 11) is 0. The van der Waals surface area contributed by atoms with Gasteiger partial charge < -0.3 is 31.9 Å². The Hall–Kier alpha value is -0.240. The van der Waals surface area contributed by atoms with E-state index >= 15 is 0 Å². The minimum atomic E-state index is -0.0231. The Morgan fingerprint density at radius 2 is 1.12 bits per heavy atom. The molecule has 1 atom stereocenters. The van der Waals surface area contributed by atoms with Crippen molar-refractivity contribution in [3.8, 4) is 0 Å². The summed E-state index contributed by atoms with van der Waals surface area (Å²) in [5.74, 6) is 0. The molecule has 0 saturated carbocycles. The lowest BCUT2D eigenvalue weighted by Crippen LogP contribution is -2.30. The molecule has 16 heavy (non-hydrogen) atoms. The Morgan fingerprint density at radius 1 is 0.875 bits per heavy atom. The van der Waals surface area contributed by atoms with Gasteiger partial charge in [-0.05, 0) is 27.2 Å². The predicted octanol–water partition coefficient (Wildman–Crippen LogP) is -1.35. The van der Waals surface area contributed by atoms with Crippen molar-refractivity contribution in [2.75, 3.05) is 33.0 Å². The van der Waals surface area contributed by atoms with Gasteiger partial charge in [-0.3, -0.25) is 0 Å². The van der Waals surface area contributed by atoms with Gasteiger partial charge in [-0.25, -0.2) is 0 Å². The van der Waals surface area contributed by atoms with Crippen LogP contribution in [0.2, 0.25) is 0 Å². The Bertz CT molecular complexity index is 73.1. The van der Waals surface area contributed by atoms with E-state index in [1.807, 2.05) is 0 Å². The van der Waals surface area contributed by atoms with Crippen molar-refractivity contribution in [1.82, 2.24) is 0 Å². The maximum atomic E-state index is 8.23. The lowest BCUT2D eigenvalue weighted by atomic mass is 10.2. The Morgan fingerprint density at radius 3 is 1.19 bits per heavy atom. The highest BCUT2D eigenvalue weighted by Gasteiger charge is 1.93. The number of aliphatic hydroxyl groups excluding tert-OH is 4. The van der Waals surface area contributed by atoms with Crippen molar-refractivity contribution in [1.29, 1.82) is 0 Å². The summed E-state index contributed by atoms with van der Waals surface area (Å²) in [6.07, 6.45) is 0.608. The molecule has 1 unspecified atom stereocenters. The van der Waals surface area contributed by atoms with Gasteiger partial charge in [0.1, 0.15) is 0 Å². The summed E-state index contributed by atoms with van der Waals surface area (Å²) in [4.78, 5) is 0. The van der Waals surface area contributed by atoms with Crippen LogP contribution in [0.3, 0.4) is 0 Å². The highest BCUT2D eigenvalue weighted by molar-refractivity contribution is 4.58. The van der Waals surface area contributed by atoms with E-state index in [0.717, 1.165) is 0 Å². The number of rotatable bonds is 3. The van der Waals surface area contributed by atoms with Crippen LogP contribution in [0.25, 0.3) is 0 Å². The first-order chi connectivity index (χ1) is 7.55. The molecule has 0 aliphatic carbocycles. The SMILES string of the molecule is CCO.CCO.CCO.NCC(N)CCO. The third-order valence-electron chi connectivity index (χ3n) is 0.803. The van der Waals surface area contributed by atoms with E-state index in [2.05, 4.69) is 0 Å². The molecule has 8 N–H and O–H groups in total. The second-order valence-electron chi connectivity index (χ2n) is 2.46. The van der Waals surface area contributed by atoms with Gasteiger partial charge >= 0.3 is 0 Å². The van der Waals surface area contributed by atoms with Gasteiger partial charge in [-0.1, -0.05) is 0 Å². The van der Waals surface area contributed by atoms with E-state index in [-0.39, 0.29) is 32.5 Å². The smallest absolute Gasteiger partial charge is 0.0446 e. The predicted molar refractivity (Wildman–Crippen MR) is 67.0 cm³/mol. The zero-order chi connectivity index (χ0) is 13.8. The molecule has 0 rings (SSSR count). The summed E-state index contributed by atoms with van der Waals surface area (Å²) in [6.45, 7) is 6.39. The summed E-state index contributed by atoms with van der Waals surface area (Å²) >= 11 is 0. The van der Waals surface area contributed by atoms with E-state index < -0.39 is 0 Å². The zero-order valence-electron chi connectivity index (χ0n) is 10.8. The minimum absolute atomic E-state index is 0.0231. The van der Waals surface area contributed by atoms with Crippen molar-refractivity contribution in [3.05, 3.63) is 0 Å². The molecule has 6 nitrogen and oxygen atoms in total. The van der Waals surface area contributed by atoms with Gasteiger partial charge in [0.15, 0.2) is 0 Å². The molecule has 104 valence electrons. The highest BCUT2D eigenvalue weighted by atomic mass is 16.3. The van der Waals surface area contributed by atoms with Gasteiger partial charge in [-0.2, -0.15) is 0 Å². The lowest BCUT2D eigenvalue weighted by molar-refractivity contribution is 0.277. The zero-order valence-corrected chi connectivity index (χ0v) is 10.8. The number of aliphatic hydroxyl groups is 4. The van der Waals surface area contributed by atoms with Crippen LogP contribution in [0, 0.1) is 0 Å². The van der Waals surface area contributed by atoms with Gasteiger partial charge in [0.25, 0.3) is 0 Å². The first-order valence-electron chi connectivity index (χ1n) is 5.44. The third-order valence-corrected chi connectivity index (χ3v) is 0.803. The largest absolute Gasteiger partial charge is 0.397 e. The fourth-order valence-corrected chi connectivity index (χ4v) is 0.284. The molecule has 0 bridgehead atoms. The topological polar surface area (TPSA) is 133 Å². The minimum Gasteiger partial charge on any atom is -0.397 e.